The summed E-state index contributed by atoms with van der Waals surface area (Å²) in [5.41, 5.74) is 0. The lowest BCUT2D eigenvalue weighted by Gasteiger charge is -2.23. The van der Waals surface area contributed by atoms with Gasteiger partial charge in [-0.1, -0.05) is 46.0 Å². The molecule has 0 aromatic rings. The molecule has 1 saturated carbocycles. The average Bonchev–Trinajstić information content (AvgIpc) is 2.20. The summed E-state index contributed by atoms with van der Waals surface area (Å²) < 4.78 is 12.9. The van der Waals surface area contributed by atoms with E-state index in [0.29, 0.717) is 0 Å². The monoisotopic (exact) mass is 214 g/mol. The van der Waals surface area contributed by atoms with Gasteiger partial charge in [0.25, 0.3) is 0 Å². The van der Waals surface area contributed by atoms with Gasteiger partial charge < -0.3 is 0 Å². The minimum Gasteiger partial charge on any atom is -0.247 e. The molecule has 1 fully saturated rings. The van der Waals surface area contributed by atoms with Gasteiger partial charge in [0.1, 0.15) is 6.17 Å². The molecule has 0 radical (unpaired) electrons. The first-order valence-corrected chi connectivity index (χ1v) is 6.82. The standard InChI is InChI=1S/C14H27F/c1-12(2)6-4-3-5-7-13-8-10-14(15)11-9-13/h12-14H,3-11H2,1-2H3. The second-order valence-corrected chi connectivity index (χ2v) is 5.65. The van der Waals surface area contributed by atoms with Crippen LogP contribution in [0.2, 0.25) is 0 Å². The molecule has 0 amide bonds. The molecule has 1 aliphatic rings. The summed E-state index contributed by atoms with van der Waals surface area (Å²) in [5.74, 6) is 1.70. The zero-order chi connectivity index (χ0) is 11.1. The number of hydrogen-bond acceptors (Lipinski definition) is 0. The van der Waals surface area contributed by atoms with Crippen molar-refractivity contribution in [2.75, 3.05) is 0 Å². The third kappa shape index (κ3) is 6.17. The maximum atomic E-state index is 12.9. The topological polar surface area (TPSA) is 0 Å². The largest absolute Gasteiger partial charge is 0.247 e. The van der Waals surface area contributed by atoms with Gasteiger partial charge in [-0.3, -0.25) is 0 Å². The van der Waals surface area contributed by atoms with Crippen LogP contribution in [-0.4, -0.2) is 6.17 Å². The van der Waals surface area contributed by atoms with Gasteiger partial charge in [-0.2, -0.15) is 0 Å². The number of alkyl halides is 1. The SMILES string of the molecule is CC(C)CCCCCC1CCC(F)CC1. The molecule has 0 unspecified atom stereocenters. The third-order valence-electron chi connectivity index (χ3n) is 3.67. The molecule has 0 aromatic heterocycles. The Hall–Kier alpha value is -0.0700. The van der Waals surface area contributed by atoms with Crippen LogP contribution < -0.4 is 0 Å². The van der Waals surface area contributed by atoms with E-state index in [2.05, 4.69) is 13.8 Å². The minimum atomic E-state index is -0.484. The molecule has 15 heavy (non-hydrogen) atoms. The predicted molar refractivity (Wildman–Crippen MR) is 64.8 cm³/mol. The highest BCUT2D eigenvalue weighted by Gasteiger charge is 2.19. The van der Waals surface area contributed by atoms with Gasteiger partial charge in [0.2, 0.25) is 0 Å². The fourth-order valence-corrected chi connectivity index (χ4v) is 2.57. The Morgan fingerprint density at radius 1 is 1.00 bits per heavy atom. The quantitative estimate of drug-likeness (QED) is 0.538. The van der Waals surface area contributed by atoms with Crippen LogP contribution in [0.15, 0.2) is 0 Å². The number of unbranched alkanes of at least 4 members (excludes halogenated alkanes) is 2. The highest BCUT2D eigenvalue weighted by atomic mass is 19.1. The molecule has 0 aromatic carbocycles. The molecular weight excluding hydrogens is 187 g/mol. The highest BCUT2D eigenvalue weighted by molar-refractivity contribution is 4.71. The highest BCUT2D eigenvalue weighted by Crippen LogP contribution is 2.29. The van der Waals surface area contributed by atoms with Gasteiger partial charge in [0.05, 0.1) is 0 Å². The zero-order valence-electron chi connectivity index (χ0n) is 10.5. The van der Waals surface area contributed by atoms with Crippen molar-refractivity contribution in [3.05, 3.63) is 0 Å². The minimum absolute atomic E-state index is 0.484. The number of hydrogen-bond donors (Lipinski definition) is 0. The first-order valence-electron chi connectivity index (χ1n) is 6.82. The van der Waals surface area contributed by atoms with Crippen LogP contribution in [0.5, 0.6) is 0 Å². The summed E-state index contributed by atoms with van der Waals surface area (Å²) in [4.78, 5) is 0. The van der Waals surface area contributed by atoms with E-state index in [1.165, 1.54) is 32.1 Å². The molecule has 1 aliphatic carbocycles. The van der Waals surface area contributed by atoms with E-state index in [1.54, 1.807) is 0 Å². The lowest BCUT2D eigenvalue weighted by molar-refractivity contribution is 0.199. The second kappa shape index (κ2) is 7.24. The molecule has 0 bridgehead atoms. The molecule has 0 heterocycles. The van der Waals surface area contributed by atoms with Crippen LogP contribution in [0.1, 0.15) is 71.6 Å². The summed E-state index contributed by atoms with van der Waals surface area (Å²) >= 11 is 0. The normalized spacial score (nSPS) is 27.2. The summed E-state index contributed by atoms with van der Waals surface area (Å²) in [7, 11) is 0. The predicted octanol–water partition coefficient (Wildman–Crippen LogP) is 5.12. The Morgan fingerprint density at radius 2 is 1.67 bits per heavy atom. The van der Waals surface area contributed by atoms with Crippen LogP contribution in [0.4, 0.5) is 4.39 Å². The molecule has 90 valence electrons. The van der Waals surface area contributed by atoms with E-state index < -0.39 is 6.17 Å². The first kappa shape index (κ1) is 13.0. The molecule has 1 rings (SSSR count). The van der Waals surface area contributed by atoms with Crippen molar-refractivity contribution in [1.82, 2.24) is 0 Å². The van der Waals surface area contributed by atoms with Crippen LogP contribution in [0.25, 0.3) is 0 Å². The van der Waals surface area contributed by atoms with Crippen molar-refractivity contribution in [2.45, 2.75) is 77.8 Å². The van der Waals surface area contributed by atoms with E-state index >= 15 is 0 Å². The van der Waals surface area contributed by atoms with Crippen molar-refractivity contribution in [1.29, 1.82) is 0 Å². The van der Waals surface area contributed by atoms with E-state index in [1.807, 2.05) is 0 Å². The lowest BCUT2D eigenvalue weighted by Crippen LogP contribution is -2.14. The Labute approximate surface area is 94.6 Å². The summed E-state index contributed by atoms with van der Waals surface area (Å²) in [6.07, 6.45) is 10.3. The molecule has 0 N–H and O–H groups in total. The van der Waals surface area contributed by atoms with E-state index in [9.17, 15) is 4.39 Å². The Balaban J connectivity index is 1.91. The summed E-state index contributed by atoms with van der Waals surface area (Å²) in [6.45, 7) is 4.59. The molecule has 0 spiro atoms. The Bertz CT molecular complexity index is 145. The molecule has 0 atom stereocenters. The Morgan fingerprint density at radius 3 is 2.27 bits per heavy atom. The van der Waals surface area contributed by atoms with E-state index in [0.717, 1.165) is 37.5 Å². The Kier molecular flexibility index (Phi) is 6.28. The van der Waals surface area contributed by atoms with E-state index in [-0.39, 0.29) is 0 Å². The second-order valence-electron chi connectivity index (χ2n) is 5.65. The summed E-state index contributed by atoms with van der Waals surface area (Å²) in [6, 6.07) is 0. The van der Waals surface area contributed by atoms with Crippen LogP contribution in [-0.2, 0) is 0 Å². The molecule has 0 aliphatic heterocycles. The van der Waals surface area contributed by atoms with Crippen LogP contribution in [0, 0.1) is 11.8 Å². The fraction of sp³-hybridized carbons (Fsp3) is 1.00. The van der Waals surface area contributed by atoms with Crippen molar-refractivity contribution < 1.29 is 4.39 Å². The van der Waals surface area contributed by atoms with Gasteiger partial charge in [-0.15, -0.1) is 0 Å². The average molecular weight is 214 g/mol. The van der Waals surface area contributed by atoms with Crippen molar-refractivity contribution >= 4 is 0 Å². The summed E-state index contributed by atoms with van der Waals surface area (Å²) in [5, 5.41) is 0. The molecule has 1 heteroatoms. The molecular formula is C14H27F. The smallest absolute Gasteiger partial charge is 0.100 e. The maximum absolute atomic E-state index is 12.9. The van der Waals surface area contributed by atoms with Crippen molar-refractivity contribution in [3.63, 3.8) is 0 Å². The fourth-order valence-electron chi connectivity index (χ4n) is 2.57. The molecule has 0 saturated heterocycles. The number of halogens is 1. The number of rotatable bonds is 6. The van der Waals surface area contributed by atoms with Gasteiger partial charge in [0, 0.05) is 0 Å². The van der Waals surface area contributed by atoms with Crippen LogP contribution in [0.3, 0.4) is 0 Å². The van der Waals surface area contributed by atoms with Crippen molar-refractivity contribution in [2.24, 2.45) is 11.8 Å². The first-order chi connectivity index (χ1) is 7.18. The maximum Gasteiger partial charge on any atom is 0.100 e. The zero-order valence-corrected chi connectivity index (χ0v) is 10.5. The van der Waals surface area contributed by atoms with Crippen molar-refractivity contribution in [3.8, 4) is 0 Å². The molecule has 0 nitrogen and oxygen atoms in total. The van der Waals surface area contributed by atoms with Crippen LogP contribution >= 0.6 is 0 Å². The van der Waals surface area contributed by atoms with Gasteiger partial charge in [-0.25, -0.2) is 4.39 Å². The van der Waals surface area contributed by atoms with Gasteiger partial charge in [-0.05, 0) is 37.5 Å². The van der Waals surface area contributed by atoms with E-state index in [4.69, 9.17) is 0 Å². The van der Waals surface area contributed by atoms with Gasteiger partial charge >= 0.3 is 0 Å². The lowest BCUT2D eigenvalue weighted by atomic mass is 9.84. The van der Waals surface area contributed by atoms with Gasteiger partial charge in [0.15, 0.2) is 0 Å². The third-order valence-corrected chi connectivity index (χ3v) is 3.67.